The number of fused-ring (bicyclic) bond motifs is 1. The summed E-state index contributed by atoms with van der Waals surface area (Å²) in [5, 5.41) is 0.751. The van der Waals surface area contributed by atoms with Crippen LogP contribution in [0.25, 0.3) is 17.3 Å². The highest BCUT2D eigenvalue weighted by Gasteiger charge is 2.29. The van der Waals surface area contributed by atoms with E-state index in [2.05, 4.69) is 30.5 Å². The van der Waals surface area contributed by atoms with E-state index in [0.29, 0.717) is 0 Å². The van der Waals surface area contributed by atoms with Crippen LogP contribution in [0.4, 0.5) is 5.69 Å². The number of para-hydroxylation sites is 1. The van der Waals surface area contributed by atoms with E-state index in [4.69, 9.17) is 11.6 Å². The van der Waals surface area contributed by atoms with Crippen LogP contribution in [-0.4, -0.2) is 17.5 Å². The first-order valence-corrected chi connectivity index (χ1v) is 9.31. The molecule has 1 amide bonds. The van der Waals surface area contributed by atoms with Gasteiger partial charge >= 0.3 is 0 Å². The zero-order chi connectivity index (χ0) is 19.3. The Labute approximate surface area is 164 Å². The van der Waals surface area contributed by atoms with Gasteiger partial charge in [-0.2, -0.15) is 0 Å². The third-order valence-corrected chi connectivity index (χ3v) is 5.68. The van der Waals surface area contributed by atoms with Crippen LogP contribution in [0.15, 0.2) is 48.5 Å². The molecule has 0 saturated carbocycles. The van der Waals surface area contributed by atoms with Crippen molar-refractivity contribution in [1.82, 2.24) is 4.57 Å². The summed E-state index contributed by atoms with van der Waals surface area (Å²) in [4.78, 5) is 14.5. The number of rotatable bonds is 2. The van der Waals surface area contributed by atoms with Gasteiger partial charge in [-0.05, 0) is 62.2 Å². The normalized spacial score (nSPS) is 14.9. The number of halogens is 1. The monoisotopic (exact) mass is 376 g/mol. The summed E-state index contributed by atoms with van der Waals surface area (Å²) in [6, 6.07) is 16.1. The molecule has 2 aromatic carbocycles. The van der Waals surface area contributed by atoms with Crippen LogP contribution < -0.4 is 4.90 Å². The molecule has 0 unspecified atom stereocenters. The number of aryl methyl sites for hydroxylation is 2. The van der Waals surface area contributed by atoms with Crippen molar-refractivity contribution in [3.05, 3.63) is 81.6 Å². The molecule has 2 heterocycles. The van der Waals surface area contributed by atoms with Gasteiger partial charge in [0, 0.05) is 40.3 Å². The maximum absolute atomic E-state index is 12.8. The molecule has 0 aliphatic carbocycles. The largest absolute Gasteiger partial charge is 0.318 e. The van der Waals surface area contributed by atoms with Gasteiger partial charge in [0.1, 0.15) is 0 Å². The molecule has 0 spiro atoms. The van der Waals surface area contributed by atoms with Gasteiger partial charge in [-0.15, -0.1) is 0 Å². The Morgan fingerprint density at radius 2 is 1.74 bits per heavy atom. The molecular formula is C23H21ClN2O. The van der Waals surface area contributed by atoms with Crippen molar-refractivity contribution < 1.29 is 4.79 Å². The Morgan fingerprint density at radius 1 is 1.00 bits per heavy atom. The zero-order valence-corrected chi connectivity index (χ0v) is 16.6. The molecule has 4 heteroatoms. The molecule has 1 aliphatic heterocycles. The Kier molecular flexibility index (Phi) is 4.20. The Hall–Kier alpha value is -2.78. The molecule has 3 nitrogen and oxygen atoms in total. The fourth-order valence-electron chi connectivity index (χ4n) is 3.75. The molecule has 1 aromatic heterocycles. The molecule has 0 N–H and O–H groups in total. The van der Waals surface area contributed by atoms with Crippen molar-refractivity contribution in [2.24, 2.45) is 0 Å². The summed E-state index contributed by atoms with van der Waals surface area (Å²) in [5.41, 5.74) is 7.97. The second-order valence-electron chi connectivity index (χ2n) is 7.03. The van der Waals surface area contributed by atoms with E-state index in [9.17, 15) is 4.79 Å². The van der Waals surface area contributed by atoms with Crippen LogP contribution in [-0.2, 0) is 4.79 Å². The number of aromatic nitrogens is 1. The number of carbonyl (C=O) groups excluding carboxylic acids is 1. The summed E-state index contributed by atoms with van der Waals surface area (Å²) < 4.78 is 2.17. The van der Waals surface area contributed by atoms with Gasteiger partial charge < -0.3 is 9.47 Å². The lowest BCUT2D eigenvalue weighted by molar-refractivity contribution is -0.112. The number of carbonyl (C=O) groups is 1. The number of amides is 1. The van der Waals surface area contributed by atoms with Gasteiger partial charge in [0.15, 0.2) is 0 Å². The van der Waals surface area contributed by atoms with Crippen LogP contribution in [0.3, 0.4) is 0 Å². The summed E-state index contributed by atoms with van der Waals surface area (Å²) in [6.45, 7) is 6.14. The molecule has 27 heavy (non-hydrogen) atoms. The number of hydrogen-bond acceptors (Lipinski definition) is 1. The van der Waals surface area contributed by atoms with Gasteiger partial charge in [-0.1, -0.05) is 35.9 Å². The highest BCUT2D eigenvalue weighted by molar-refractivity contribution is 6.35. The van der Waals surface area contributed by atoms with Crippen molar-refractivity contribution in [3.63, 3.8) is 0 Å². The topological polar surface area (TPSA) is 25.2 Å². The molecule has 3 aromatic rings. The van der Waals surface area contributed by atoms with Gasteiger partial charge in [0.25, 0.3) is 5.91 Å². The number of hydrogen-bond donors (Lipinski definition) is 0. The van der Waals surface area contributed by atoms with Crippen molar-refractivity contribution >= 4 is 34.8 Å². The maximum atomic E-state index is 12.8. The first-order valence-electron chi connectivity index (χ1n) is 8.93. The first kappa shape index (κ1) is 17.6. The molecule has 0 saturated heterocycles. The predicted octanol–water partition coefficient (Wildman–Crippen LogP) is 5.57. The van der Waals surface area contributed by atoms with Crippen LogP contribution in [0.2, 0.25) is 5.02 Å². The Bertz CT molecular complexity index is 1110. The van der Waals surface area contributed by atoms with Crippen LogP contribution in [0.1, 0.15) is 28.1 Å². The number of likely N-dealkylation sites (N-methyl/N-ethyl adjacent to an activating group) is 1. The SMILES string of the molecule is Cc1ccc(-n2c(C)cc(/C=C3/C(=O)N(C)c4ccccc43)c2C)cc1Cl. The smallest absolute Gasteiger partial charge is 0.258 e. The standard InChI is InChI=1S/C23H21ClN2O/c1-14-9-10-18(13-21(14)24)26-15(2)11-17(16(26)3)12-20-19-7-5-6-8-22(19)25(4)23(20)27/h5-13H,1-4H3/b20-12+. The van der Waals surface area contributed by atoms with E-state index in [1.54, 1.807) is 4.90 Å². The molecule has 136 valence electrons. The average Bonchev–Trinajstić information content (AvgIpc) is 3.06. The minimum Gasteiger partial charge on any atom is -0.318 e. The Balaban J connectivity index is 1.84. The summed E-state index contributed by atoms with van der Waals surface area (Å²) in [7, 11) is 1.82. The molecule has 0 radical (unpaired) electrons. The molecular weight excluding hydrogens is 356 g/mol. The molecule has 0 atom stereocenters. The van der Waals surface area contributed by atoms with Gasteiger partial charge in [0.05, 0.1) is 5.69 Å². The zero-order valence-electron chi connectivity index (χ0n) is 15.9. The lowest BCUT2D eigenvalue weighted by atomic mass is 10.0. The van der Waals surface area contributed by atoms with Gasteiger partial charge in [-0.25, -0.2) is 0 Å². The minimum atomic E-state index is 0.0272. The highest BCUT2D eigenvalue weighted by Crippen LogP contribution is 2.37. The third kappa shape index (κ3) is 2.79. The lowest BCUT2D eigenvalue weighted by Gasteiger charge is -2.11. The molecule has 1 aliphatic rings. The summed E-state index contributed by atoms with van der Waals surface area (Å²) in [5.74, 6) is 0.0272. The summed E-state index contributed by atoms with van der Waals surface area (Å²) >= 11 is 6.33. The first-order chi connectivity index (χ1) is 12.9. The van der Waals surface area contributed by atoms with E-state index in [-0.39, 0.29) is 5.91 Å². The Morgan fingerprint density at radius 3 is 2.48 bits per heavy atom. The lowest BCUT2D eigenvalue weighted by Crippen LogP contribution is -2.20. The van der Waals surface area contributed by atoms with E-state index >= 15 is 0 Å². The second-order valence-corrected chi connectivity index (χ2v) is 7.44. The van der Waals surface area contributed by atoms with Crippen molar-refractivity contribution in [1.29, 1.82) is 0 Å². The van der Waals surface area contributed by atoms with E-state index in [0.717, 1.165) is 50.0 Å². The van der Waals surface area contributed by atoms with E-state index in [1.165, 1.54) is 0 Å². The predicted molar refractivity (Wildman–Crippen MR) is 113 cm³/mol. The number of anilines is 1. The molecule has 4 rings (SSSR count). The maximum Gasteiger partial charge on any atom is 0.258 e. The van der Waals surface area contributed by atoms with E-state index < -0.39 is 0 Å². The van der Waals surface area contributed by atoms with Gasteiger partial charge in [-0.3, -0.25) is 4.79 Å². The van der Waals surface area contributed by atoms with Gasteiger partial charge in [0.2, 0.25) is 0 Å². The second kappa shape index (κ2) is 6.43. The third-order valence-electron chi connectivity index (χ3n) is 5.27. The van der Waals surface area contributed by atoms with Crippen molar-refractivity contribution in [2.75, 3.05) is 11.9 Å². The summed E-state index contributed by atoms with van der Waals surface area (Å²) in [6.07, 6.45) is 2.00. The average molecular weight is 377 g/mol. The van der Waals surface area contributed by atoms with Crippen molar-refractivity contribution in [2.45, 2.75) is 20.8 Å². The van der Waals surface area contributed by atoms with E-state index in [1.807, 2.05) is 56.4 Å². The number of benzene rings is 2. The van der Waals surface area contributed by atoms with Crippen LogP contribution >= 0.6 is 11.6 Å². The molecule has 0 fully saturated rings. The minimum absolute atomic E-state index is 0.0272. The fraction of sp³-hybridized carbons (Fsp3) is 0.174. The van der Waals surface area contributed by atoms with Crippen LogP contribution in [0.5, 0.6) is 0 Å². The van der Waals surface area contributed by atoms with Crippen LogP contribution in [0, 0.1) is 20.8 Å². The fourth-order valence-corrected chi connectivity index (χ4v) is 3.92. The number of nitrogens with zero attached hydrogens (tertiary/aromatic N) is 2. The highest BCUT2D eigenvalue weighted by atomic mass is 35.5. The quantitative estimate of drug-likeness (QED) is 0.536. The van der Waals surface area contributed by atoms with Crippen molar-refractivity contribution in [3.8, 4) is 5.69 Å². The molecule has 0 bridgehead atoms.